The van der Waals surface area contributed by atoms with E-state index in [1.54, 1.807) is 60.7 Å². The lowest BCUT2D eigenvalue weighted by Gasteiger charge is -2.23. The number of amides is 2. The van der Waals surface area contributed by atoms with Crippen LogP contribution in [0.5, 0.6) is 0 Å². The van der Waals surface area contributed by atoms with E-state index in [9.17, 15) is 18.0 Å². The SMILES string of the molecule is Cc1cccc(N(Cc2ccc(C(=O)Nc3ccccc3C(N)=O)cc2)S(C)(=O)=O)c1. The molecule has 8 heteroatoms. The van der Waals surface area contributed by atoms with Crippen LogP contribution in [0.4, 0.5) is 11.4 Å². The van der Waals surface area contributed by atoms with Crippen molar-refractivity contribution in [2.24, 2.45) is 5.73 Å². The number of hydrogen-bond donors (Lipinski definition) is 2. The molecule has 160 valence electrons. The van der Waals surface area contributed by atoms with Crippen LogP contribution in [0.1, 0.15) is 31.8 Å². The van der Waals surface area contributed by atoms with E-state index in [1.165, 1.54) is 10.4 Å². The van der Waals surface area contributed by atoms with Crippen molar-refractivity contribution in [2.75, 3.05) is 15.9 Å². The van der Waals surface area contributed by atoms with Gasteiger partial charge in [-0.3, -0.25) is 13.9 Å². The van der Waals surface area contributed by atoms with Gasteiger partial charge in [0, 0.05) is 5.56 Å². The molecule has 0 radical (unpaired) electrons. The van der Waals surface area contributed by atoms with Gasteiger partial charge in [-0.1, -0.05) is 36.4 Å². The fourth-order valence-corrected chi connectivity index (χ4v) is 3.99. The van der Waals surface area contributed by atoms with Crippen molar-refractivity contribution >= 4 is 33.2 Å². The molecule has 0 spiro atoms. The van der Waals surface area contributed by atoms with Gasteiger partial charge >= 0.3 is 0 Å². The Balaban J connectivity index is 1.79. The summed E-state index contributed by atoms with van der Waals surface area (Å²) in [6, 6.07) is 20.3. The van der Waals surface area contributed by atoms with Crippen LogP contribution in [0.15, 0.2) is 72.8 Å². The molecule has 3 aromatic carbocycles. The summed E-state index contributed by atoms with van der Waals surface area (Å²) in [5.74, 6) is -1.04. The molecule has 3 aromatic rings. The molecule has 0 heterocycles. The molecule has 0 aliphatic carbocycles. The molecular weight excluding hydrogens is 414 g/mol. The van der Waals surface area contributed by atoms with Gasteiger partial charge in [-0.05, 0) is 54.4 Å². The number of primary amides is 1. The molecule has 31 heavy (non-hydrogen) atoms. The fraction of sp³-hybridized carbons (Fsp3) is 0.130. The molecule has 3 N–H and O–H groups in total. The second kappa shape index (κ2) is 9.01. The lowest BCUT2D eigenvalue weighted by molar-refractivity contribution is 0.100. The van der Waals surface area contributed by atoms with Gasteiger partial charge in [0.25, 0.3) is 11.8 Å². The number of aryl methyl sites for hydroxylation is 1. The van der Waals surface area contributed by atoms with Crippen molar-refractivity contribution in [3.8, 4) is 0 Å². The third kappa shape index (κ3) is 5.49. The first-order chi connectivity index (χ1) is 14.6. The minimum absolute atomic E-state index is 0.134. The van der Waals surface area contributed by atoms with Gasteiger partial charge in [0.1, 0.15) is 0 Å². The number of hydrogen-bond acceptors (Lipinski definition) is 4. The van der Waals surface area contributed by atoms with Gasteiger partial charge in [-0.25, -0.2) is 8.42 Å². The zero-order chi connectivity index (χ0) is 22.6. The van der Waals surface area contributed by atoms with Gasteiger partial charge < -0.3 is 11.1 Å². The largest absolute Gasteiger partial charge is 0.366 e. The highest BCUT2D eigenvalue weighted by Crippen LogP contribution is 2.22. The highest BCUT2D eigenvalue weighted by atomic mass is 32.2. The third-order valence-corrected chi connectivity index (χ3v) is 5.81. The van der Waals surface area contributed by atoms with Crippen LogP contribution in [0, 0.1) is 6.92 Å². The monoisotopic (exact) mass is 437 g/mol. The molecule has 0 aliphatic heterocycles. The molecule has 0 saturated carbocycles. The van der Waals surface area contributed by atoms with E-state index in [0.29, 0.717) is 16.9 Å². The number of benzene rings is 3. The van der Waals surface area contributed by atoms with E-state index >= 15 is 0 Å². The molecule has 0 aromatic heterocycles. The predicted molar refractivity (Wildman–Crippen MR) is 122 cm³/mol. The smallest absolute Gasteiger partial charge is 0.255 e. The number of rotatable bonds is 7. The second-order valence-electron chi connectivity index (χ2n) is 7.17. The standard InChI is InChI=1S/C23H23N3O4S/c1-16-6-5-7-19(14-16)26(31(2,29)30)15-17-10-12-18(13-11-17)23(28)25-21-9-4-3-8-20(21)22(24)27/h3-14H,15H2,1-2H3,(H2,24,27)(H,25,28). The van der Waals surface area contributed by atoms with Crippen LogP contribution < -0.4 is 15.4 Å². The third-order valence-electron chi connectivity index (χ3n) is 4.67. The molecule has 0 bridgehead atoms. The quantitative estimate of drug-likeness (QED) is 0.591. The molecule has 0 fully saturated rings. The van der Waals surface area contributed by atoms with E-state index < -0.39 is 21.8 Å². The van der Waals surface area contributed by atoms with Crippen molar-refractivity contribution in [1.29, 1.82) is 0 Å². The summed E-state index contributed by atoms with van der Waals surface area (Å²) in [4.78, 5) is 24.1. The molecule has 0 atom stereocenters. The van der Waals surface area contributed by atoms with E-state index in [0.717, 1.165) is 17.4 Å². The van der Waals surface area contributed by atoms with Crippen LogP contribution in [0.2, 0.25) is 0 Å². The first-order valence-electron chi connectivity index (χ1n) is 9.48. The number of anilines is 2. The highest BCUT2D eigenvalue weighted by Gasteiger charge is 2.18. The number of nitrogens with two attached hydrogens (primary N) is 1. The Bertz CT molecular complexity index is 1220. The van der Waals surface area contributed by atoms with Gasteiger partial charge in [0.05, 0.1) is 29.7 Å². The number of nitrogens with zero attached hydrogens (tertiary/aromatic N) is 1. The van der Waals surface area contributed by atoms with Crippen LogP contribution in [-0.2, 0) is 16.6 Å². The van der Waals surface area contributed by atoms with Crippen molar-refractivity contribution < 1.29 is 18.0 Å². The van der Waals surface area contributed by atoms with Crippen molar-refractivity contribution in [1.82, 2.24) is 0 Å². The van der Waals surface area contributed by atoms with Crippen molar-refractivity contribution in [3.05, 3.63) is 95.1 Å². The van der Waals surface area contributed by atoms with E-state index in [4.69, 9.17) is 5.73 Å². The van der Waals surface area contributed by atoms with Crippen molar-refractivity contribution in [3.63, 3.8) is 0 Å². The maximum Gasteiger partial charge on any atom is 0.255 e. The zero-order valence-electron chi connectivity index (χ0n) is 17.2. The maximum atomic E-state index is 12.6. The number of para-hydroxylation sites is 1. The molecular formula is C23H23N3O4S. The summed E-state index contributed by atoms with van der Waals surface area (Å²) in [5, 5.41) is 2.68. The summed E-state index contributed by atoms with van der Waals surface area (Å²) in [6.07, 6.45) is 1.16. The molecule has 3 rings (SSSR count). The van der Waals surface area contributed by atoms with Gasteiger partial charge in [0.15, 0.2) is 0 Å². The number of sulfonamides is 1. The maximum absolute atomic E-state index is 12.6. The topological polar surface area (TPSA) is 110 Å². The summed E-state index contributed by atoms with van der Waals surface area (Å²) in [6.45, 7) is 2.03. The van der Waals surface area contributed by atoms with E-state index in [1.807, 2.05) is 13.0 Å². The second-order valence-corrected chi connectivity index (χ2v) is 9.08. The Morgan fingerprint density at radius 3 is 2.26 bits per heavy atom. The summed E-state index contributed by atoms with van der Waals surface area (Å²) in [7, 11) is -3.50. The Morgan fingerprint density at radius 2 is 1.65 bits per heavy atom. The number of carbonyl (C=O) groups is 2. The molecule has 0 saturated heterocycles. The Morgan fingerprint density at radius 1 is 0.968 bits per heavy atom. The fourth-order valence-electron chi connectivity index (χ4n) is 3.11. The minimum atomic E-state index is -3.50. The Kier molecular flexibility index (Phi) is 6.41. The summed E-state index contributed by atoms with van der Waals surface area (Å²) >= 11 is 0. The lowest BCUT2D eigenvalue weighted by atomic mass is 10.1. The van der Waals surface area contributed by atoms with Crippen LogP contribution >= 0.6 is 0 Å². The zero-order valence-corrected chi connectivity index (χ0v) is 18.0. The first kappa shape index (κ1) is 22.0. The first-order valence-corrected chi connectivity index (χ1v) is 11.3. The van der Waals surface area contributed by atoms with Crippen LogP contribution in [0.3, 0.4) is 0 Å². The Labute approximate surface area is 181 Å². The van der Waals surface area contributed by atoms with Crippen molar-refractivity contribution in [2.45, 2.75) is 13.5 Å². The molecule has 7 nitrogen and oxygen atoms in total. The summed E-state index contributed by atoms with van der Waals surface area (Å²) in [5.41, 5.74) is 8.50. The summed E-state index contributed by atoms with van der Waals surface area (Å²) < 4.78 is 26.0. The van der Waals surface area contributed by atoms with Crippen LogP contribution in [0.25, 0.3) is 0 Å². The Hall–Kier alpha value is -3.65. The average molecular weight is 438 g/mol. The molecule has 0 unspecified atom stereocenters. The van der Waals surface area contributed by atoms with Gasteiger partial charge in [-0.2, -0.15) is 0 Å². The minimum Gasteiger partial charge on any atom is -0.366 e. The average Bonchev–Trinajstić information content (AvgIpc) is 2.71. The number of carbonyl (C=O) groups excluding carboxylic acids is 2. The van der Waals surface area contributed by atoms with E-state index in [2.05, 4.69) is 5.32 Å². The van der Waals surface area contributed by atoms with Gasteiger partial charge in [-0.15, -0.1) is 0 Å². The molecule has 0 aliphatic rings. The van der Waals surface area contributed by atoms with Gasteiger partial charge in [0.2, 0.25) is 10.0 Å². The number of nitrogens with one attached hydrogen (secondary N) is 1. The lowest BCUT2D eigenvalue weighted by Crippen LogP contribution is -2.29. The highest BCUT2D eigenvalue weighted by molar-refractivity contribution is 7.92. The predicted octanol–water partition coefficient (Wildman–Crippen LogP) is 3.31. The normalized spacial score (nSPS) is 11.0. The van der Waals surface area contributed by atoms with E-state index in [-0.39, 0.29) is 12.1 Å². The molecule has 2 amide bonds. The van der Waals surface area contributed by atoms with Crippen LogP contribution in [-0.4, -0.2) is 26.5 Å².